The van der Waals surface area contributed by atoms with E-state index in [0.717, 1.165) is 23.8 Å². The first-order valence-electron chi connectivity index (χ1n) is 7.33. The topological polar surface area (TPSA) is 49.8 Å². The van der Waals surface area contributed by atoms with Gasteiger partial charge in [-0.05, 0) is 36.6 Å². The molecule has 2 rings (SSSR count). The van der Waals surface area contributed by atoms with E-state index in [2.05, 4.69) is 11.8 Å². The molecule has 1 aliphatic rings. The first-order chi connectivity index (χ1) is 9.67. The number of aliphatic carboxylic acids is 1. The van der Waals surface area contributed by atoms with Crippen molar-refractivity contribution < 1.29 is 14.6 Å². The number of rotatable bonds is 7. The van der Waals surface area contributed by atoms with Gasteiger partial charge in [0.2, 0.25) is 0 Å². The third kappa shape index (κ3) is 4.53. The summed E-state index contributed by atoms with van der Waals surface area (Å²) in [4.78, 5) is 13.0. The predicted molar refractivity (Wildman–Crippen MR) is 78.1 cm³/mol. The second-order valence-electron chi connectivity index (χ2n) is 5.43. The molecule has 1 aromatic rings. The maximum absolute atomic E-state index is 10.6. The monoisotopic (exact) mass is 277 g/mol. The van der Waals surface area contributed by atoms with E-state index in [1.807, 2.05) is 24.3 Å². The Kier molecular flexibility index (Phi) is 5.41. The van der Waals surface area contributed by atoms with Crippen molar-refractivity contribution in [2.75, 3.05) is 26.2 Å². The van der Waals surface area contributed by atoms with Gasteiger partial charge in [-0.1, -0.05) is 25.5 Å². The van der Waals surface area contributed by atoms with Crippen LogP contribution in [0.4, 0.5) is 0 Å². The molecule has 0 radical (unpaired) electrons. The molecule has 0 aromatic heterocycles. The van der Waals surface area contributed by atoms with Crippen molar-refractivity contribution in [2.45, 2.75) is 26.2 Å². The zero-order chi connectivity index (χ0) is 14.4. The molecule has 0 amide bonds. The highest BCUT2D eigenvalue weighted by Gasteiger charge is 2.20. The van der Waals surface area contributed by atoms with E-state index in [1.54, 1.807) is 0 Å². The molecule has 0 aliphatic carbocycles. The van der Waals surface area contributed by atoms with Gasteiger partial charge in [0, 0.05) is 13.1 Å². The maximum Gasteiger partial charge on any atom is 0.307 e. The van der Waals surface area contributed by atoms with Gasteiger partial charge in [0.05, 0.1) is 6.42 Å². The van der Waals surface area contributed by atoms with Crippen LogP contribution in [0.3, 0.4) is 0 Å². The summed E-state index contributed by atoms with van der Waals surface area (Å²) in [6.07, 6.45) is 2.63. The number of carboxylic acid groups (broad SMARTS) is 1. The van der Waals surface area contributed by atoms with Gasteiger partial charge in [0.25, 0.3) is 0 Å². The third-order valence-electron chi connectivity index (χ3n) is 3.90. The molecule has 1 heterocycles. The van der Waals surface area contributed by atoms with Crippen LogP contribution in [0.15, 0.2) is 24.3 Å². The Morgan fingerprint density at radius 2 is 2.15 bits per heavy atom. The number of benzene rings is 1. The van der Waals surface area contributed by atoms with Gasteiger partial charge >= 0.3 is 5.97 Å². The molecular weight excluding hydrogens is 254 g/mol. The Balaban J connectivity index is 1.70. The standard InChI is InChI=1S/C16H23NO3/c1-2-13-7-8-17(12-13)9-10-20-15-5-3-14(4-6-15)11-16(18)19/h3-6,13H,2,7-12H2,1H3,(H,18,19). The van der Waals surface area contributed by atoms with E-state index in [-0.39, 0.29) is 6.42 Å². The summed E-state index contributed by atoms with van der Waals surface area (Å²) < 4.78 is 5.71. The van der Waals surface area contributed by atoms with Crippen LogP contribution in [0.2, 0.25) is 0 Å². The summed E-state index contributed by atoms with van der Waals surface area (Å²) in [5.41, 5.74) is 0.801. The van der Waals surface area contributed by atoms with Crippen molar-refractivity contribution in [1.82, 2.24) is 4.90 Å². The zero-order valence-electron chi connectivity index (χ0n) is 12.0. The van der Waals surface area contributed by atoms with Gasteiger partial charge in [-0.15, -0.1) is 0 Å². The van der Waals surface area contributed by atoms with Crippen LogP contribution in [0.25, 0.3) is 0 Å². The summed E-state index contributed by atoms with van der Waals surface area (Å²) in [5, 5.41) is 8.70. The molecule has 1 atom stereocenters. The van der Waals surface area contributed by atoms with Crippen molar-refractivity contribution in [3.05, 3.63) is 29.8 Å². The van der Waals surface area contributed by atoms with Crippen molar-refractivity contribution in [3.8, 4) is 5.75 Å². The van der Waals surface area contributed by atoms with Crippen LogP contribution in [0.5, 0.6) is 5.75 Å². The van der Waals surface area contributed by atoms with E-state index in [0.29, 0.717) is 6.61 Å². The smallest absolute Gasteiger partial charge is 0.307 e. The van der Waals surface area contributed by atoms with E-state index >= 15 is 0 Å². The average molecular weight is 277 g/mol. The van der Waals surface area contributed by atoms with Gasteiger partial charge in [0.1, 0.15) is 12.4 Å². The van der Waals surface area contributed by atoms with E-state index in [9.17, 15) is 4.79 Å². The fraction of sp³-hybridized carbons (Fsp3) is 0.562. The van der Waals surface area contributed by atoms with Crippen LogP contribution in [0.1, 0.15) is 25.3 Å². The van der Waals surface area contributed by atoms with Gasteiger partial charge in [0.15, 0.2) is 0 Å². The van der Waals surface area contributed by atoms with Crippen molar-refractivity contribution in [2.24, 2.45) is 5.92 Å². The molecule has 20 heavy (non-hydrogen) atoms. The molecule has 1 fully saturated rings. The normalized spacial score (nSPS) is 19.1. The lowest BCUT2D eigenvalue weighted by Gasteiger charge is -2.16. The number of carbonyl (C=O) groups is 1. The maximum atomic E-state index is 10.6. The van der Waals surface area contributed by atoms with Crippen LogP contribution >= 0.6 is 0 Å². The van der Waals surface area contributed by atoms with Gasteiger partial charge in [-0.25, -0.2) is 0 Å². The van der Waals surface area contributed by atoms with Crippen LogP contribution in [0, 0.1) is 5.92 Å². The molecule has 0 saturated carbocycles. The molecule has 1 aliphatic heterocycles. The van der Waals surface area contributed by atoms with E-state index in [1.165, 1.54) is 25.9 Å². The van der Waals surface area contributed by atoms with Crippen molar-refractivity contribution >= 4 is 5.97 Å². The number of hydrogen-bond donors (Lipinski definition) is 1. The summed E-state index contributed by atoms with van der Waals surface area (Å²) in [7, 11) is 0. The molecule has 1 saturated heterocycles. The molecule has 1 aromatic carbocycles. The molecule has 0 bridgehead atoms. The van der Waals surface area contributed by atoms with Crippen molar-refractivity contribution in [1.29, 1.82) is 0 Å². The number of ether oxygens (including phenoxy) is 1. The lowest BCUT2D eigenvalue weighted by molar-refractivity contribution is -0.136. The second kappa shape index (κ2) is 7.29. The Morgan fingerprint density at radius 3 is 2.75 bits per heavy atom. The highest BCUT2D eigenvalue weighted by atomic mass is 16.5. The predicted octanol–water partition coefficient (Wildman–Crippen LogP) is 2.42. The summed E-state index contributed by atoms with van der Waals surface area (Å²) in [6, 6.07) is 7.31. The number of hydrogen-bond acceptors (Lipinski definition) is 3. The number of nitrogens with zero attached hydrogens (tertiary/aromatic N) is 1. The zero-order valence-corrected chi connectivity index (χ0v) is 12.0. The lowest BCUT2D eigenvalue weighted by Crippen LogP contribution is -2.26. The Bertz CT molecular complexity index is 430. The van der Waals surface area contributed by atoms with Gasteiger partial charge in [-0.3, -0.25) is 9.69 Å². The minimum atomic E-state index is -0.807. The van der Waals surface area contributed by atoms with Crippen LogP contribution < -0.4 is 4.74 Å². The highest BCUT2D eigenvalue weighted by molar-refractivity contribution is 5.70. The highest BCUT2D eigenvalue weighted by Crippen LogP contribution is 2.19. The Labute approximate surface area is 120 Å². The van der Waals surface area contributed by atoms with Crippen LogP contribution in [-0.4, -0.2) is 42.2 Å². The van der Waals surface area contributed by atoms with Crippen molar-refractivity contribution in [3.63, 3.8) is 0 Å². The molecule has 110 valence electrons. The summed E-state index contributed by atoms with van der Waals surface area (Å²) >= 11 is 0. The summed E-state index contributed by atoms with van der Waals surface area (Å²) in [5.74, 6) is 0.855. The van der Waals surface area contributed by atoms with Crippen LogP contribution in [-0.2, 0) is 11.2 Å². The Hall–Kier alpha value is -1.55. The molecule has 4 nitrogen and oxygen atoms in total. The second-order valence-corrected chi connectivity index (χ2v) is 5.43. The number of carboxylic acids is 1. The largest absolute Gasteiger partial charge is 0.492 e. The number of likely N-dealkylation sites (tertiary alicyclic amines) is 1. The fourth-order valence-corrected chi connectivity index (χ4v) is 2.62. The van der Waals surface area contributed by atoms with Gasteiger partial charge < -0.3 is 9.84 Å². The molecule has 1 unspecified atom stereocenters. The quantitative estimate of drug-likeness (QED) is 0.831. The fourth-order valence-electron chi connectivity index (χ4n) is 2.62. The molecule has 1 N–H and O–H groups in total. The average Bonchev–Trinajstić information content (AvgIpc) is 2.88. The van der Waals surface area contributed by atoms with E-state index < -0.39 is 5.97 Å². The molecule has 0 spiro atoms. The third-order valence-corrected chi connectivity index (χ3v) is 3.90. The minimum absolute atomic E-state index is 0.0620. The molecule has 4 heteroatoms. The van der Waals surface area contributed by atoms with E-state index in [4.69, 9.17) is 9.84 Å². The first kappa shape index (κ1) is 14.9. The molecular formula is C16H23NO3. The first-order valence-corrected chi connectivity index (χ1v) is 7.33. The SMILES string of the molecule is CCC1CCN(CCOc2ccc(CC(=O)O)cc2)C1. The minimum Gasteiger partial charge on any atom is -0.492 e. The summed E-state index contributed by atoms with van der Waals surface area (Å²) in [6.45, 7) is 6.28. The lowest BCUT2D eigenvalue weighted by atomic mass is 10.1. The van der Waals surface area contributed by atoms with Gasteiger partial charge in [-0.2, -0.15) is 0 Å². The Morgan fingerprint density at radius 1 is 1.40 bits per heavy atom.